The molecule has 2 heterocycles. The molecule has 0 radical (unpaired) electrons. The SMILES string of the molecule is O=C1N[C@H](Cc2ccccc2)C(=O)N1CN1CCC[C@H]1c1ccccc1. The summed E-state index contributed by atoms with van der Waals surface area (Å²) in [5.74, 6) is -0.127. The van der Waals surface area contributed by atoms with Crippen molar-refractivity contribution in [3.8, 4) is 0 Å². The summed E-state index contributed by atoms with van der Waals surface area (Å²) in [6.07, 6.45) is 2.67. The molecule has 4 rings (SSSR count). The fraction of sp³-hybridized carbons (Fsp3) is 0.333. The van der Waals surface area contributed by atoms with E-state index in [-0.39, 0.29) is 18.0 Å². The van der Waals surface area contributed by atoms with Crippen LogP contribution in [0, 0.1) is 0 Å². The summed E-state index contributed by atoms with van der Waals surface area (Å²) < 4.78 is 0. The van der Waals surface area contributed by atoms with Crippen LogP contribution < -0.4 is 5.32 Å². The van der Waals surface area contributed by atoms with Crippen LogP contribution in [0.2, 0.25) is 0 Å². The molecule has 3 amide bonds. The predicted molar refractivity (Wildman–Crippen MR) is 99.3 cm³/mol. The van der Waals surface area contributed by atoms with E-state index in [1.807, 2.05) is 48.5 Å². The number of hydrogen-bond acceptors (Lipinski definition) is 3. The van der Waals surface area contributed by atoms with Crippen LogP contribution in [0.15, 0.2) is 60.7 Å². The highest BCUT2D eigenvalue weighted by atomic mass is 16.2. The Morgan fingerprint density at radius 3 is 2.38 bits per heavy atom. The first-order valence-corrected chi connectivity index (χ1v) is 9.17. The van der Waals surface area contributed by atoms with Gasteiger partial charge in [0.25, 0.3) is 5.91 Å². The largest absolute Gasteiger partial charge is 0.325 e. The van der Waals surface area contributed by atoms with Crippen LogP contribution in [0.1, 0.15) is 30.0 Å². The molecule has 2 saturated heterocycles. The van der Waals surface area contributed by atoms with Crippen LogP contribution in [-0.2, 0) is 11.2 Å². The summed E-state index contributed by atoms with van der Waals surface area (Å²) >= 11 is 0. The molecule has 2 fully saturated rings. The molecule has 0 spiro atoms. The molecule has 1 N–H and O–H groups in total. The number of rotatable bonds is 5. The number of amides is 3. The number of benzene rings is 2. The average molecular weight is 349 g/mol. The van der Waals surface area contributed by atoms with Gasteiger partial charge in [0.05, 0.1) is 6.67 Å². The zero-order chi connectivity index (χ0) is 17.9. The van der Waals surface area contributed by atoms with Crippen molar-refractivity contribution >= 4 is 11.9 Å². The number of nitrogens with zero attached hydrogens (tertiary/aromatic N) is 2. The van der Waals surface area contributed by atoms with Crippen molar-refractivity contribution in [3.05, 3.63) is 71.8 Å². The van der Waals surface area contributed by atoms with E-state index >= 15 is 0 Å². The van der Waals surface area contributed by atoms with Crippen LogP contribution >= 0.6 is 0 Å². The lowest BCUT2D eigenvalue weighted by atomic mass is 10.0. The molecular weight excluding hydrogens is 326 g/mol. The quantitative estimate of drug-likeness (QED) is 0.845. The normalized spacial score (nSPS) is 23.5. The fourth-order valence-electron chi connectivity index (χ4n) is 3.93. The van der Waals surface area contributed by atoms with Crippen molar-refractivity contribution in [1.29, 1.82) is 0 Å². The number of carbonyl (C=O) groups is 2. The highest BCUT2D eigenvalue weighted by Gasteiger charge is 2.40. The standard InChI is InChI=1S/C21H23N3O2/c25-20-18(14-16-8-3-1-4-9-16)22-21(26)24(20)15-23-13-7-12-19(23)17-10-5-2-6-11-17/h1-6,8-11,18-19H,7,12-15H2,(H,22,26)/t18-,19+/m1/s1. The van der Waals surface area contributed by atoms with Gasteiger partial charge < -0.3 is 5.32 Å². The Hall–Kier alpha value is -2.66. The summed E-state index contributed by atoms with van der Waals surface area (Å²) in [7, 11) is 0. The summed E-state index contributed by atoms with van der Waals surface area (Å²) in [6, 6.07) is 19.6. The summed E-state index contributed by atoms with van der Waals surface area (Å²) in [6.45, 7) is 1.26. The third kappa shape index (κ3) is 3.35. The third-order valence-corrected chi connectivity index (χ3v) is 5.26. The van der Waals surface area contributed by atoms with Gasteiger partial charge in [-0.05, 0) is 24.0 Å². The Morgan fingerprint density at radius 2 is 1.65 bits per heavy atom. The van der Waals surface area contributed by atoms with Crippen molar-refractivity contribution in [1.82, 2.24) is 15.1 Å². The van der Waals surface area contributed by atoms with E-state index in [0.717, 1.165) is 24.9 Å². The van der Waals surface area contributed by atoms with Gasteiger partial charge in [0, 0.05) is 19.0 Å². The van der Waals surface area contributed by atoms with Gasteiger partial charge >= 0.3 is 6.03 Å². The first-order chi connectivity index (χ1) is 12.7. The maximum Gasteiger partial charge on any atom is 0.325 e. The molecule has 2 aromatic rings. The minimum absolute atomic E-state index is 0.127. The highest BCUT2D eigenvalue weighted by molar-refractivity contribution is 6.04. The van der Waals surface area contributed by atoms with E-state index < -0.39 is 6.04 Å². The molecular formula is C21H23N3O2. The first kappa shape index (κ1) is 16.8. The molecule has 5 nitrogen and oxygen atoms in total. The monoisotopic (exact) mass is 349 g/mol. The topological polar surface area (TPSA) is 52.7 Å². The Kier molecular flexibility index (Phi) is 4.71. The zero-order valence-electron chi connectivity index (χ0n) is 14.7. The van der Waals surface area contributed by atoms with Crippen molar-refractivity contribution in [2.45, 2.75) is 31.3 Å². The van der Waals surface area contributed by atoms with Gasteiger partial charge in [-0.1, -0.05) is 60.7 Å². The van der Waals surface area contributed by atoms with Gasteiger partial charge in [0.1, 0.15) is 6.04 Å². The van der Waals surface area contributed by atoms with Crippen LogP contribution in [0.25, 0.3) is 0 Å². The van der Waals surface area contributed by atoms with E-state index in [4.69, 9.17) is 0 Å². The molecule has 0 bridgehead atoms. The lowest BCUT2D eigenvalue weighted by Crippen LogP contribution is -2.41. The Bertz CT molecular complexity index is 778. The number of hydrogen-bond donors (Lipinski definition) is 1. The van der Waals surface area contributed by atoms with E-state index in [2.05, 4.69) is 22.3 Å². The molecule has 2 aromatic carbocycles. The Labute approximate surface area is 153 Å². The lowest BCUT2D eigenvalue weighted by Gasteiger charge is -2.28. The summed E-state index contributed by atoms with van der Waals surface area (Å²) in [5, 5.41) is 2.84. The first-order valence-electron chi connectivity index (χ1n) is 9.17. The minimum Gasteiger partial charge on any atom is -0.325 e. The molecule has 2 atom stereocenters. The molecule has 2 aliphatic heterocycles. The van der Waals surface area contributed by atoms with Crippen LogP contribution in [0.4, 0.5) is 4.79 Å². The molecule has 5 heteroatoms. The second kappa shape index (κ2) is 7.30. The number of imide groups is 1. The lowest BCUT2D eigenvalue weighted by molar-refractivity contribution is -0.129. The fourth-order valence-corrected chi connectivity index (χ4v) is 3.93. The van der Waals surface area contributed by atoms with E-state index in [1.54, 1.807) is 0 Å². The smallest absolute Gasteiger partial charge is 0.325 e. The predicted octanol–water partition coefficient (Wildman–Crippen LogP) is 2.94. The number of likely N-dealkylation sites (tertiary alicyclic amines) is 1. The van der Waals surface area contributed by atoms with Crippen molar-refractivity contribution in [2.24, 2.45) is 0 Å². The Balaban J connectivity index is 1.44. The number of carbonyl (C=O) groups excluding carboxylic acids is 2. The van der Waals surface area contributed by atoms with Crippen molar-refractivity contribution in [2.75, 3.05) is 13.2 Å². The van der Waals surface area contributed by atoms with Gasteiger partial charge in [0.2, 0.25) is 0 Å². The summed E-state index contributed by atoms with van der Waals surface area (Å²) in [5.41, 5.74) is 2.30. The van der Waals surface area contributed by atoms with Gasteiger partial charge in [-0.2, -0.15) is 0 Å². The van der Waals surface area contributed by atoms with Gasteiger partial charge in [-0.15, -0.1) is 0 Å². The van der Waals surface area contributed by atoms with Gasteiger partial charge in [0.15, 0.2) is 0 Å². The van der Waals surface area contributed by atoms with Crippen molar-refractivity contribution in [3.63, 3.8) is 0 Å². The average Bonchev–Trinajstić information content (AvgIpc) is 3.24. The zero-order valence-corrected chi connectivity index (χ0v) is 14.7. The van der Waals surface area contributed by atoms with Gasteiger partial charge in [-0.25, -0.2) is 9.69 Å². The second-order valence-corrected chi connectivity index (χ2v) is 6.98. The third-order valence-electron chi connectivity index (χ3n) is 5.26. The van der Waals surface area contributed by atoms with Crippen LogP contribution in [-0.4, -0.2) is 41.0 Å². The molecule has 0 aliphatic carbocycles. The molecule has 2 aliphatic rings. The van der Waals surface area contributed by atoms with E-state index in [9.17, 15) is 9.59 Å². The van der Waals surface area contributed by atoms with Crippen LogP contribution in [0.5, 0.6) is 0 Å². The molecule has 0 saturated carbocycles. The number of nitrogens with one attached hydrogen (secondary N) is 1. The second-order valence-electron chi connectivity index (χ2n) is 6.98. The van der Waals surface area contributed by atoms with E-state index in [1.165, 1.54) is 10.5 Å². The van der Waals surface area contributed by atoms with E-state index in [0.29, 0.717) is 13.1 Å². The minimum atomic E-state index is -0.470. The maximum atomic E-state index is 12.8. The highest BCUT2D eigenvalue weighted by Crippen LogP contribution is 2.32. The Morgan fingerprint density at radius 1 is 0.962 bits per heavy atom. The van der Waals surface area contributed by atoms with Gasteiger partial charge in [-0.3, -0.25) is 9.69 Å². The molecule has 0 aromatic heterocycles. The molecule has 134 valence electrons. The van der Waals surface area contributed by atoms with Crippen LogP contribution in [0.3, 0.4) is 0 Å². The molecule has 0 unspecified atom stereocenters. The summed E-state index contributed by atoms with van der Waals surface area (Å²) in [4.78, 5) is 28.8. The maximum absolute atomic E-state index is 12.8. The molecule has 26 heavy (non-hydrogen) atoms. The number of urea groups is 1. The van der Waals surface area contributed by atoms with Crippen molar-refractivity contribution < 1.29 is 9.59 Å².